The Kier molecular flexibility index (Phi) is 7.66. The van der Waals surface area contributed by atoms with Crippen molar-refractivity contribution in [3.8, 4) is 22.6 Å². The molecule has 5 rings (SSSR count). The smallest absolute Gasteiger partial charge is 0.307 e. The summed E-state index contributed by atoms with van der Waals surface area (Å²) in [6.45, 7) is 6.63. The maximum atomic E-state index is 15.1. The van der Waals surface area contributed by atoms with Crippen LogP contribution < -0.4 is 9.47 Å². The number of ether oxygens (including phenoxy) is 3. The molecule has 1 spiro atoms. The quantitative estimate of drug-likeness (QED) is 0.311. The largest absolute Gasteiger partial charge is 0.497 e. The van der Waals surface area contributed by atoms with E-state index in [-0.39, 0.29) is 28.7 Å². The number of halogens is 1. The van der Waals surface area contributed by atoms with Crippen LogP contribution in [-0.2, 0) is 28.0 Å². The Bertz CT molecular complexity index is 1410. The molecule has 5 nitrogen and oxygen atoms in total. The molecule has 1 saturated carbocycles. The molecule has 212 valence electrons. The Labute approximate surface area is 236 Å². The fourth-order valence-electron chi connectivity index (χ4n) is 6.79. The van der Waals surface area contributed by atoms with Crippen LogP contribution in [0.15, 0.2) is 54.6 Å². The predicted octanol–water partition coefficient (Wildman–Crippen LogP) is 7.88. The van der Waals surface area contributed by atoms with Crippen LogP contribution in [0.2, 0.25) is 0 Å². The molecule has 0 saturated heterocycles. The summed E-state index contributed by atoms with van der Waals surface area (Å²) in [6.07, 6.45) is 4.27. The van der Waals surface area contributed by atoms with E-state index in [9.17, 15) is 9.90 Å². The average Bonchev–Trinajstić information content (AvgIpc) is 2.90. The van der Waals surface area contributed by atoms with Gasteiger partial charge in [0.15, 0.2) is 0 Å². The molecule has 1 N–H and O–H groups in total. The monoisotopic (exact) mass is 546 g/mol. The third-order valence-electron chi connectivity index (χ3n) is 8.82. The van der Waals surface area contributed by atoms with E-state index in [1.807, 2.05) is 24.3 Å². The van der Waals surface area contributed by atoms with E-state index in [1.165, 1.54) is 11.6 Å². The standard InChI is InChI=1S/C34H39FO5/c1-33(2,3)31(39-5)27-17-21(8-12-25(27)26-18-23(38-4)11-13-30(26)35)20-40-24-10-9-22-7-6-15-34(29(22)19-24)16-14-28(34)32(36)37/h8-13,17-19,28,31H,6-7,14-16,20H2,1-5H3,(H,36,37)/t28-,31-,34+/m0/s1. The highest BCUT2D eigenvalue weighted by molar-refractivity contribution is 5.75. The highest BCUT2D eigenvalue weighted by atomic mass is 19.1. The summed E-state index contributed by atoms with van der Waals surface area (Å²) in [5.74, 6) is -0.0243. The van der Waals surface area contributed by atoms with Crippen LogP contribution in [0.1, 0.15) is 74.8 Å². The van der Waals surface area contributed by atoms with E-state index in [4.69, 9.17) is 14.2 Å². The van der Waals surface area contributed by atoms with Crippen molar-refractivity contribution in [2.45, 2.75) is 71.0 Å². The van der Waals surface area contributed by atoms with Crippen LogP contribution in [0, 0.1) is 17.2 Å². The highest BCUT2D eigenvalue weighted by Gasteiger charge is 2.53. The van der Waals surface area contributed by atoms with Gasteiger partial charge in [0.05, 0.1) is 19.1 Å². The maximum Gasteiger partial charge on any atom is 0.307 e. The maximum absolute atomic E-state index is 15.1. The van der Waals surface area contributed by atoms with Crippen molar-refractivity contribution in [3.05, 3.63) is 82.7 Å². The third kappa shape index (κ3) is 5.10. The number of carboxylic acids is 1. The zero-order valence-electron chi connectivity index (χ0n) is 24.1. The Morgan fingerprint density at radius 2 is 1.80 bits per heavy atom. The Balaban J connectivity index is 1.47. The number of carboxylic acid groups (broad SMARTS) is 1. The molecule has 0 amide bonds. The van der Waals surface area contributed by atoms with Gasteiger partial charge < -0.3 is 19.3 Å². The van der Waals surface area contributed by atoms with Crippen LogP contribution >= 0.6 is 0 Å². The lowest BCUT2D eigenvalue weighted by molar-refractivity contribution is -0.150. The lowest BCUT2D eigenvalue weighted by Gasteiger charge is -2.51. The summed E-state index contributed by atoms with van der Waals surface area (Å²) in [4.78, 5) is 12.0. The van der Waals surface area contributed by atoms with Crippen LogP contribution in [0.3, 0.4) is 0 Å². The fourth-order valence-corrected chi connectivity index (χ4v) is 6.79. The number of carbonyl (C=O) groups is 1. The minimum atomic E-state index is -0.697. The van der Waals surface area contributed by atoms with Crippen LogP contribution in [0.5, 0.6) is 11.5 Å². The first kappa shape index (κ1) is 28.2. The van der Waals surface area contributed by atoms with Gasteiger partial charge in [-0.15, -0.1) is 0 Å². The summed E-state index contributed by atoms with van der Waals surface area (Å²) in [6, 6.07) is 16.8. The van der Waals surface area contributed by atoms with Crippen LogP contribution in [-0.4, -0.2) is 25.3 Å². The van der Waals surface area contributed by atoms with Crippen LogP contribution in [0.4, 0.5) is 4.39 Å². The number of hydrogen-bond donors (Lipinski definition) is 1. The number of hydrogen-bond acceptors (Lipinski definition) is 4. The summed E-state index contributed by atoms with van der Waals surface area (Å²) in [5.41, 5.74) is 4.90. The lowest BCUT2D eigenvalue weighted by atomic mass is 9.52. The summed E-state index contributed by atoms with van der Waals surface area (Å²) >= 11 is 0. The van der Waals surface area contributed by atoms with E-state index in [0.717, 1.165) is 60.1 Å². The van der Waals surface area contributed by atoms with E-state index >= 15 is 4.39 Å². The second kappa shape index (κ2) is 10.9. The fraction of sp³-hybridized carbons (Fsp3) is 0.441. The van der Waals surface area contributed by atoms with Crippen molar-refractivity contribution in [1.29, 1.82) is 0 Å². The molecule has 3 aromatic carbocycles. The van der Waals surface area contributed by atoms with Gasteiger partial charge in [0.25, 0.3) is 0 Å². The molecule has 0 heterocycles. The molecular weight excluding hydrogens is 507 g/mol. The molecule has 6 heteroatoms. The van der Waals surface area contributed by atoms with Gasteiger partial charge in [-0.25, -0.2) is 4.39 Å². The zero-order valence-corrected chi connectivity index (χ0v) is 24.1. The van der Waals surface area contributed by atoms with Gasteiger partial charge in [-0.05, 0) is 102 Å². The highest BCUT2D eigenvalue weighted by Crippen LogP contribution is 2.56. The first-order valence-electron chi connectivity index (χ1n) is 14.1. The molecule has 40 heavy (non-hydrogen) atoms. The van der Waals surface area contributed by atoms with Gasteiger partial charge in [0.2, 0.25) is 0 Å². The number of methoxy groups -OCH3 is 2. The van der Waals surface area contributed by atoms with Gasteiger partial charge >= 0.3 is 5.97 Å². The summed E-state index contributed by atoms with van der Waals surface area (Å²) in [7, 11) is 3.25. The molecule has 0 aliphatic heterocycles. The number of aliphatic carboxylic acids is 1. The normalized spacial score (nSPS) is 20.9. The molecule has 0 aromatic heterocycles. The van der Waals surface area contributed by atoms with Gasteiger partial charge in [-0.2, -0.15) is 0 Å². The van der Waals surface area contributed by atoms with Crippen LogP contribution in [0.25, 0.3) is 11.1 Å². The van der Waals surface area contributed by atoms with Gasteiger partial charge in [-0.1, -0.05) is 39.0 Å². The van der Waals surface area contributed by atoms with Crippen molar-refractivity contribution in [2.75, 3.05) is 14.2 Å². The summed E-state index contributed by atoms with van der Waals surface area (Å²) < 4.78 is 32.7. The predicted molar refractivity (Wildman–Crippen MR) is 153 cm³/mol. The first-order valence-corrected chi connectivity index (χ1v) is 14.1. The number of fused-ring (bicyclic) bond motifs is 2. The first-order chi connectivity index (χ1) is 19.1. The second-order valence-corrected chi connectivity index (χ2v) is 12.3. The minimum Gasteiger partial charge on any atom is -0.497 e. The van der Waals surface area contributed by atoms with E-state index in [0.29, 0.717) is 17.9 Å². The minimum absolute atomic E-state index is 0.241. The number of rotatable bonds is 8. The third-order valence-corrected chi connectivity index (χ3v) is 8.82. The van der Waals surface area contributed by atoms with Crippen molar-refractivity contribution in [2.24, 2.45) is 11.3 Å². The van der Waals surface area contributed by atoms with E-state index in [2.05, 4.69) is 32.9 Å². The molecule has 3 atom stereocenters. The molecular formula is C34H39FO5. The molecule has 0 unspecified atom stereocenters. The topological polar surface area (TPSA) is 65.0 Å². The number of benzene rings is 3. The van der Waals surface area contributed by atoms with Gasteiger partial charge in [-0.3, -0.25) is 4.79 Å². The molecule has 2 aliphatic carbocycles. The molecule has 1 fully saturated rings. The second-order valence-electron chi connectivity index (χ2n) is 12.3. The van der Waals surface area contributed by atoms with E-state index < -0.39 is 5.97 Å². The Morgan fingerprint density at radius 1 is 1.02 bits per heavy atom. The summed E-state index contributed by atoms with van der Waals surface area (Å²) in [5, 5.41) is 9.83. The van der Waals surface area contributed by atoms with Crippen molar-refractivity contribution in [1.82, 2.24) is 0 Å². The van der Waals surface area contributed by atoms with Crippen molar-refractivity contribution in [3.63, 3.8) is 0 Å². The number of aryl methyl sites for hydroxylation is 1. The van der Waals surface area contributed by atoms with Gasteiger partial charge in [0.1, 0.15) is 23.9 Å². The molecule has 0 radical (unpaired) electrons. The van der Waals surface area contributed by atoms with Crippen molar-refractivity contribution < 1.29 is 28.5 Å². The Morgan fingerprint density at radius 3 is 2.45 bits per heavy atom. The molecule has 0 bridgehead atoms. The van der Waals surface area contributed by atoms with Gasteiger partial charge in [0, 0.05) is 18.1 Å². The Hall–Kier alpha value is -3.38. The van der Waals surface area contributed by atoms with E-state index in [1.54, 1.807) is 26.4 Å². The van der Waals surface area contributed by atoms with Crippen molar-refractivity contribution >= 4 is 5.97 Å². The molecule has 2 aliphatic rings. The average molecular weight is 547 g/mol. The lowest BCUT2D eigenvalue weighted by Crippen LogP contribution is -2.50. The zero-order chi connectivity index (χ0) is 28.7. The molecule has 3 aromatic rings. The SMILES string of the molecule is COc1ccc(F)c(-c2ccc(COc3ccc4c(c3)[C@]3(CCC4)CC[C@H]3C(=O)O)cc2[C@H](OC)C(C)(C)C)c1.